The van der Waals surface area contributed by atoms with Crippen LogP contribution in [0.5, 0.6) is 0 Å². The molecule has 2 amide bonds. The number of hydrogen-bond donors (Lipinski definition) is 3. The van der Waals surface area contributed by atoms with Crippen molar-refractivity contribution in [2.45, 2.75) is 19.4 Å². The molecule has 170 valence electrons. The van der Waals surface area contributed by atoms with Gasteiger partial charge < -0.3 is 20.9 Å². The molecule has 4 rings (SSSR count). The Hall–Kier alpha value is -3.72. The van der Waals surface area contributed by atoms with Crippen LogP contribution in [0.2, 0.25) is 5.02 Å². The van der Waals surface area contributed by atoms with Crippen molar-refractivity contribution in [3.63, 3.8) is 0 Å². The van der Waals surface area contributed by atoms with Crippen molar-refractivity contribution in [2.75, 3.05) is 24.7 Å². The standard InChI is InChI=1S/C23H22ClFN6O2/c1-26-22(33)17-10-15(25)5-7-19(17)29-21-18(24)11-27-23(30-21)28-16-6-3-13-4-8-20(32)31(2)12-14(13)9-16/h3,5-7,9-11H,4,8,12H2,1-2H3,(H,26,33)(H2,27,28,29,30). The first-order chi connectivity index (χ1) is 15.8. The average molecular weight is 469 g/mol. The Balaban J connectivity index is 1.59. The number of hydrogen-bond acceptors (Lipinski definition) is 6. The molecule has 2 aromatic carbocycles. The molecule has 0 aliphatic carbocycles. The molecule has 2 heterocycles. The Bertz CT molecular complexity index is 1240. The van der Waals surface area contributed by atoms with Gasteiger partial charge in [0.2, 0.25) is 11.9 Å². The molecule has 0 saturated heterocycles. The fourth-order valence-corrected chi connectivity index (χ4v) is 3.73. The number of rotatable bonds is 5. The second-order valence-electron chi connectivity index (χ2n) is 7.64. The van der Waals surface area contributed by atoms with Gasteiger partial charge in [0, 0.05) is 32.7 Å². The van der Waals surface area contributed by atoms with E-state index in [9.17, 15) is 14.0 Å². The lowest BCUT2D eigenvalue weighted by Gasteiger charge is -2.16. The van der Waals surface area contributed by atoms with Gasteiger partial charge in [0.15, 0.2) is 5.82 Å². The SMILES string of the molecule is CNC(=O)c1cc(F)ccc1Nc1nc(Nc2ccc3c(c2)CN(C)C(=O)CC3)ncc1Cl. The average Bonchev–Trinajstić information content (AvgIpc) is 2.94. The van der Waals surface area contributed by atoms with Gasteiger partial charge in [-0.1, -0.05) is 17.7 Å². The molecule has 10 heteroatoms. The fraction of sp³-hybridized carbons (Fsp3) is 0.217. The van der Waals surface area contributed by atoms with E-state index < -0.39 is 11.7 Å². The van der Waals surface area contributed by atoms with E-state index in [0.717, 1.165) is 22.9 Å². The predicted molar refractivity (Wildman–Crippen MR) is 125 cm³/mol. The molecule has 1 aliphatic heterocycles. The Morgan fingerprint density at radius 3 is 2.73 bits per heavy atom. The zero-order valence-electron chi connectivity index (χ0n) is 18.1. The minimum atomic E-state index is -0.536. The molecule has 0 unspecified atom stereocenters. The molecule has 0 radical (unpaired) electrons. The second kappa shape index (κ2) is 9.41. The first kappa shape index (κ1) is 22.5. The molecule has 1 aromatic heterocycles. The van der Waals surface area contributed by atoms with Crippen LogP contribution in [0.25, 0.3) is 0 Å². The molecular weight excluding hydrogens is 447 g/mol. The Labute approximate surface area is 195 Å². The van der Waals surface area contributed by atoms with Crippen LogP contribution in [0.15, 0.2) is 42.6 Å². The highest BCUT2D eigenvalue weighted by Crippen LogP contribution is 2.28. The smallest absolute Gasteiger partial charge is 0.253 e. The first-order valence-corrected chi connectivity index (χ1v) is 10.7. The maximum Gasteiger partial charge on any atom is 0.253 e. The van der Waals surface area contributed by atoms with E-state index >= 15 is 0 Å². The topological polar surface area (TPSA) is 99.2 Å². The fourth-order valence-electron chi connectivity index (χ4n) is 3.59. The summed E-state index contributed by atoms with van der Waals surface area (Å²) in [7, 11) is 3.26. The van der Waals surface area contributed by atoms with E-state index in [0.29, 0.717) is 25.1 Å². The van der Waals surface area contributed by atoms with Crippen molar-refractivity contribution in [3.05, 3.63) is 70.1 Å². The van der Waals surface area contributed by atoms with E-state index in [1.54, 1.807) is 11.9 Å². The first-order valence-electron chi connectivity index (χ1n) is 10.3. The number of nitrogens with one attached hydrogen (secondary N) is 3. The third kappa shape index (κ3) is 5.04. The van der Waals surface area contributed by atoms with Gasteiger partial charge in [-0.15, -0.1) is 0 Å². The molecule has 3 N–H and O–H groups in total. The number of halogens is 2. The number of aromatic nitrogens is 2. The molecule has 1 aliphatic rings. The third-order valence-electron chi connectivity index (χ3n) is 5.35. The number of carbonyl (C=O) groups excluding carboxylic acids is 2. The minimum absolute atomic E-state index is 0.117. The van der Waals surface area contributed by atoms with Crippen LogP contribution in [0, 0.1) is 5.82 Å². The molecule has 0 spiro atoms. The molecular formula is C23H22ClFN6O2. The third-order valence-corrected chi connectivity index (χ3v) is 5.63. The van der Waals surface area contributed by atoms with Gasteiger partial charge >= 0.3 is 0 Å². The van der Waals surface area contributed by atoms with Crippen LogP contribution in [0.4, 0.5) is 27.5 Å². The van der Waals surface area contributed by atoms with Gasteiger partial charge in [-0.3, -0.25) is 9.59 Å². The van der Waals surface area contributed by atoms with E-state index in [1.807, 2.05) is 18.2 Å². The van der Waals surface area contributed by atoms with E-state index in [-0.39, 0.29) is 28.3 Å². The molecule has 0 bridgehead atoms. The Morgan fingerprint density at radius 2 is 1.94 bits per heavy atom. The number of carbonyl (C=O) groups is 2. The summed E-state index contributed by atoms with van der Waals surface area (Å²) in [4.78, 5) is 34.5. The highest BCUT2D eigenvalue weighted by Gasteiger charge is 2.18. The highest BCUT2D eigenvalue weighted by atomic mass is 35.5. The number of amides is 2. The zero-order chi connectivity index (χ0) is 23.5. The van der Waals surface area contributed by atoms with Gasteiger partial charge in [0.1, 0.15) is 10.8 Å². The van der Waals surface area contributed by atoms with E-state index in [1.165, 1.54) is 25.4 Å². The van der Waals surface area contributed by atoms with Crippen LogP contribution in [0.3, 0.4) is 0 Å². The van der Waals surface area contributed by atoms with E-state index in [4.69, 9.17) is 11.6 Å². The van der Waals surface area contributed by atoms with Gasteiger partial charge in [-0.05, 0) is 47.9 Å². The molecule has 0 saturated carbocycles. The van der Waals surface area contributed by atoms with Gasteiger partial charge in [-0.2, -0.15) is 4.98 Å². The van der Waals surface area contributed by atoms with Crippen molar-refractivity contribution in [1.82, 2.24) is 20.2 Å². The maximum atomic E-state index is 13.7. The summed E-state index contributed by atoms with van der Waals surface area (Å²) < 4.78 is 13.7. The van der Waals surface area contributed by atoms with Crippen LogP contribution >= 0.6 is 11.6 Å². The zero-order valence-corrected chi connectivity index (χ0v) is 18.8. The van der Waals surface area contributed by atoms with Crippen molar-refractivity contribution < 1.29 is 14.0 Å². The summed E-state index contributed by atoms with van der Waals surface area (Å²) in [5, 5.41) is 8.84. The second-order valence-corrected chi connectivity index (χ2v) is 8.05. The molecule has 0 atom stereocenters. The molecule has 3 aromatic rings. The summed E-state index contributed by atoms with van der Waals surface area (Å²) in [6.45, 7) is 0.533. The summed E-state index contributed by atoms with van der Waals surface area (Å²) in [6, 6.07) is 9.68. The van der Waals surface area contributed by atoms with Crippen molar-refractivity contribution in [3.8, 4) is 0 Å². The number of aryl methyl sites for hydroxylation is 1. The molecule has 33 heavy (non-hydrogen) atoms. The Morgan fingerprint density at radius 1 is 1.12 bits per heavy atom. The van der Waals surface area contributed by atoms with Crippen LogP contribution in [-0.2, 0) is 17.8 Å². The number of nitrogens with zero attached hydrogens (tertiary/aromatic N) is 3. The lowest BCUT2D eigenvalue weighted by Crippen LogP contribution is -2.24. The maximum absolute atomic E-state index is 13.7. The number of benzene rings is 2. The lowest BCUT2D eigenvalue weighted by molar-refractivity contribution is -0.130. The summed E-state index contributed by atoms with van der Waals surface area (Å²) in [5.41, 5.74) is 3.42. The predicted octanol–water partition coefficient (Wildman–Crippen LogP) is 4.02. The normalized spacial score (nSPS) is 13.2. The quantitative estimate of drug-likeness (QED) is 0.523. The van der Waals surface area contributed by atoms with Crippen molar-refractivity contribution in [1.29, 1.82) is 0 Å². The highest BCUT2D eigenvalue weighted by molar-refractivity contribution is 6.33. The van der Waals surface area contributed by atoms with Gasteiger partial charge in [0.05, 0.1) is 17.4 Å². The summed E-state index contributed by atoms with van der Waals surface area (Å²) in [6.07, 6.45) is 2.63. The van der Waals surface area contributed by atoms with Crippen molar-refractivity contribution >= 4 is 46.6 Å². The number of anilines is 4. The van der Waals surface area contributed by atoms with Gasteiger partial charge in [0.25, 0.3) is 5.91 Å². The van der Waals surface area contributed by atoms with E-state index in [2.05, 4.69) is 25.9 Å². The van der Waals surface area contributed by atoms with Crippen LogP contribution in [0.1, 0.15) is 27.9 Å². The minimum Gasteiger partial charge on any atom is -0.355 e. The molecule has 0 fully saturated rings. The van der Waals surface area contributed by atoms with Crippen LogP contribution in [-0.4, -0.2) is 40.8 Å². The lowest BCUT2D eigenvalue weighted by atomic mass is 10.0. The Kier molecular flexibility index (Phi) is 6.41. The van der Waals surface area contributed by atoms with Crippen molar-refractivity contribution in [2.24, 2.45) is 0 Å². The number of fused-ring (bicyclic) bond motifs is 1. The van der Waals surface area contributed by atoms with Crippen LogP contribution < -0.4 is 16.0 Å². The largest absolute Gasteiger partial charge is 0.355 e. The monoisotopic (exact) mass is 468 g/mol. The summed E-state index contributed by atoms with van der Waals surface area (Å²) in [5.74, 6) is -0.330. The van der Waals surface area contributed by atoms with Gasteiger partial charge in [-0.25, -0.2) is 9.37 Å². The summed E-state index contributed by atoms with van der Waals surface area (Å²) >= 11 is 6.26. The molecule has 8 nitrogen and oxygen atoms in total.